The van der Waals surface area contributed by atoms with E-state index in [-0.39, 0.29) is 0 Å². The molecule has 0 bridgehead atoms. The number of nitrogens with zero attached hydrogens (tertiary/aromatic N) is 3. The molecule has 0 amide bonds. The number of carboxylic acid groups (broad SMARTS) is 1. The normalized spacial score (nSPS) is 17.2. The first-order valence-corrected chi connectivity index (χ1v) is 9.29. The van der Waals surface area contributed by atoms with E-state index in [1.165, 1.54) is 5.56 Å². The van der Waals surface area contributed by atoms with Crippen LogP contribution in [0.2, 0.25) is 0 Å². The maximum Gasteiger partial charge on any atom is 0.325 e. The van der Waals surface area contributed by atoms with E-state index in [2.05, 4.69) is 19.8 Å². The zero-order chi connectivity index (χ0) is 18.8. The number of piperazine rings is 1. The maximum atomic E-state index is 12.2. The van der Waals surface area contributed by atoms with Crippen molar-refractivity contribution in [2.45, 2.75) is 19.5 Å². The molecule has 1 fully saturated rings. The van der Waals surface area contributed by atoms with Crippen molar-refractivity contribution in [3.8, 4) is 0 Å². The van der Waals surface area contributed by atoms with Gasteiger partial charge in [-0.25, -0.2) is 0 Å². The fraction of sp³-hybridized carbons (Fsp3) is 0.333. The highest BCUT2D eigenvalue weighted by molar-refractivity contribution is 5.90. The SMILES string of the molecule is Cc1[nH]c2ccccc2c1C(C(=O)O)N1CCN(Cc2ccncc2)CC1. The Morgan fingerprint density at radius 1 is 1.15 bits per heavy atom. The molecule has 3 heterocycles. The second kappa shape index (κ2) is 7.50. The van der Waals surface area contributed by atoms with Gasteiger partial charge in [0.05, 0.1) is 0 Å². The molecule has 0 radical (unpaired) electrons. The Kier molecular flexibility index (Phi) is 4.92. The minimum atomic E-state index is -0.787. The Morgan fingerprint density at radius 2 is 1.85 bits per heavy atom. The average molecular weight is 364 g/mol. The summed E-state index contributed by atoms with van der Waals surface area (Å²) >= 11 is 0. The van der Waals surface area contributed by atoms with Crippen LogP contribution in [0.5, 0.6) is 0 Å². The summed E-state index contributed by atoms with van der Waals surface area (Å²) in [5, 5.41) is 11.0. The molecular formula is C21H24N4O2. The molecular weight excluding hydrogens is 340 g/mol. The summed E-state index contributed by atoms with van der Waals surface area (Å²) in [5.41, 5.74) is 4.05. The number of rotatable bonds is 5. The zero-order valence-electron chi connectivity index (χ0n) is 15.4. The summed E-state index contributed by atoms with van der Waals surface area (Å²) in [6.45, 7) is 6.02. The topological polar surface area (TPSA) is 72.5 Å². The van der Waals surface area contributed by atoms with Crippen LogP contribution in [0.4, 0.5) is 0 Å². The van der Waals surface area contributed by atoms with Crippen molar-refractivity contribution < 1.29 is 9.90 Å². The molecule has 1 aliphatic heterocycles. The van der Waals surface area contributed by atoms with Crippen molar-refractivity contribution in [1.82, 2.24) is 19.8 Å². The molecule has 3 aromatic rings. The van der Waals surface area contributed by atoms with Gasteiger partial charge in [-0.15, -0.1) is 0 Å². The van der Waals surface area contributed by atoms with Crippen LogP contribution in [0.1, 0.15) is 22.9 Å². The van der Waals surface area contributed by atoms with Gasteiger partial charge in [-0.05, 0) is 30.7 Å². The quantitative estimate of drug-likeness (QED) is 0.728. The first kappa shape index (κ1) is 17.7. The van der Waals surface area contributed by atoms with E-state index in [4.69, 9.17) is 0 Å². The predicted octanol–water partition coefficient (Wildman–Crippen LogP) is 2.81. The molecule has 0 spiro atoms. The molecule has 1 aliphatic rings. The van der Waals surface area contributed by atoms with Gasteiger partial charge in [-0.1, -0.05) is 18.2 Å². The Morgan fingerprint density at radius 3 is 2.56 bits per heavy atom. The van der Waals surface area contributed by atoms with Crippen LogP contribution in [0, 0.1) is 6.92 Å². The van der Waals surface area contributed by atoms with E-state index in [1.807, 2.05) is 55.7 Å². The number of hydrogen-bond donors (Lipinski definition) is 2. The third-order valence-corrected chi connectivity index (χ3v) is 5.38. The van der Waals surface area contributed by atoms with Gasteiger partial charge in [-0.3, -0.25) is 19.6 Å². The zero-order valence-corrected chi connectivity index (χ0v) is 15.4. The lowest BCUT2D eigenvalue weighted by Crippen LogP contribution is -2.48. The molecule has 4 rings (SSSR count). The van der Waals surface area contributed by atoms with Gasteiger partial charge < -0.3 is 10.1 Å². The average Bonchev–Trinajstić information content (AvgIpc) is 3.00. The third-order valence-electron chi connectivity index (χ3n) is 5.38. The molecule has 2 N–H and O–H groups in total. The van der Waals surface area contributed by atoms with Crippen LogP contribution in [-0.2, 0) is 11.3 Å². The lowest BCUT2D eigenvalue weighted by atomic mass is 10.0. The molecule has 1 aromatic carbocycles. The predicted molar refractivity (Wildman–Crippen MR) is 104 cm³/mol. The molecule has 27 heavy (non-hydrogen) atoms. The van der Waals surface area contributed by atoms with Crippen molar-refractivity contribution in [2.24, 2.45) is 0 Å². The first-order chi connectivity index (χ1) is 13.1. The number of pyridine rings is 1. The molecule has 2 aromatic heterocycles. The molecule has 1 unspecified atom stereocenters. The molecule has 0 saturated carbocycles. The van der Waals surface area contributed by atoms with Gasteiger partial charge in [0, 0.05) is 67.3 Å². The number of H-pyrrole nitrogens is 1. The Balaban J connectivity index is 1.52. The van der Waals surface area contributed by atoms with Crippen LogP contribution in [0.3, 0.4) is 0 Å². The number of nitrogens with one attached hydrogen (secondary N) is 1. The van der Waals surface area contributed by atoms with Crippen molar-refractivity contribution in [1.29, 1.82) is 0 Å². The summed E-state index contributed by atoms with van der Waals surface area (Å²) < 4.78 is 0. The number of fused-ring (bicyclic) bond motifs is 1. The van der Waals surface area contributed by atoms with Gasteiger partial charge in [0.15, 0.2) is 0 Å². The molecule has 6 nitrogen and oxygen atoms in total. The molecule has 140 valence electrons. The van der Waals surface area contributed by atoms with Gasteiger partial charge in [-0.2, -0.15) is 0 Å². The number of carboxylic acids is 1. The van der Waals surface area contributed by atoms with Gasteiger partial charge in [0.1, 0.15) is 6.04 Å². The van der Waals surface area contributed by atoms with Crippen LogP contribution in [0.15, 0.2) is 48.8 Å². The monoisotopic (exact) mass is 364 g/mol. The molecule has 1 atom stereocenters. The first-order valence-electron chi connectivity index (χ1n) is 9.29. The fourth-order valence-corrected chi connectivity index (χ4v) is 4.04. The standard InChI is InChI=1S/C21H24N4O2/c1-15-19(17-4-2-3-5-18(17)23-15)20(21(26)27)25-12-10-24(11-13-25)14-16-6-8-22-9-7-16/h2-9,20,23H,10-14H2,1H3,(H,26,27). The number of hydrogen-bond acceptors (Lipinski definition) is 4. The van der Waals surface area contributed by atoms with Crippen molar-refractivity contribution in [3.63, 3.8) is 0 Å². The minimum Gasteiger partial charge on any atom is -0.480 e. The van der Waals surface area contributed by atoms with Crippen LogP contribution >= 0.6 is 0 Å². The minimum absolute atomic E-state index is 0.621. The van der Waals surface area contributed by atoms with Crippen LogP contribution in [0.25, 0.3) is 10.9 Å². The lowest BCUT2D eigenvalue weighted by molar-refractivity contribution is -0.144. The number of benzene rings is 1. The van der Waals surface area contributed by atoms with Gasteiger partial charge in [0.25, 0.3) is 0 Å². The fourth-order valence-electron chi connectivity index (χ4n) is 4.04. The van der Waals surface area contributed by atoms with E-state index in [0.717, 1.165) is 54.9 Å². The van der Waals surface area contributed by atoms with E-state index < -0.39 is 12.0 Å². The van der Waals surface area contributed by atoms with E-state index in [9.17, 15) is 9.90 Å². The number of aliphatic carboxylic acids is 1. The summed E-state index contributed by atoms with van der Waals surface area (Å²) in [7, 11) is 0. The van der Waals surface area contributed by atoms with E-state index in [1.54, 1.807) is 0 Å². The summed E-state index contributed by atoms with van der Waals surface area (Å²) in [6.07, 6.45) is 3.62. The van der Waals surface area contributed by atoms with Crippen molar-refractivity contribution in [3.05, 3.63) is 65.6 Å². The smallest absolute Gasteiger partial charge is 0.325 e. The molecule has 0 aliphatic carbocycles. The third kappa shape index (κ3) is 3.59. The molecule has 6 heteroatoms. The Labute approximate surface area is 158 Å². The van der Waals surface area contributed by atoms with Crippen LogP contribution < -0.4 is 0 Å². The van der Waals surface area contributed by atoms with E-state index in [0.29, 0.717) is 0 Å². The lowest BCUT2D eigenvalue weighted by Gasteiger charge is -2.38. The second-order valence-corrected chi connectivity index (χ2v) is 7.12. The number of carbonyl (C=O) groups is 1. The number of para-hydroxylation sites is 1. The number of aromatic amines is 1. The van der Waals surface area contributed by atoms with E-state index >= 15 is 0 Å². The summed E-state index contributed by atoms with van der Waals surface area (Å²) in [5.74, 6) is -0.787. The Hall–Kier alpha value is -2.70. The Bertz CT molecular complexity index is 930. The largest absolute Gasteiger partial charge is 0.480 e. The van der Waals surface area contributed by atoms with Gasteiger partial charge in [0.2, 0.25) is 0 Å². The summed E-state index contributed by atoms with van der Waals surface area (Å²) in [4.78, 5) is 24.0. The highest BCUT2D eigenvalue weighted by Gasteiger charge is 2.33. The highest BCUT2D eigenvalue weighted by Crippen LogP contribution is 2.32. The van der Waals surface area contributed by atoms with Gasteiger partial charge >= 0.3 is 5.97 Å². The van der Waals surface area contributed by atoms with Crippen LogP contribution in [-0.4, -0.2) is 57.0 Å². The summed E-state index contributed by atoms with van der Waals surface area (Å²) in [6, 6.07) is 11.4. The van der Waals surface area contributed by atoms with Crippen molar-refractivity contribution >= 4 is 16.9 Å². The highest BCUT2D eigenvalue weighted by atomic mass is 16.4. The molecule has 1 saturated heterocycles. The van der Waals surface area contributed by atoms with Crippen molar-refractivity contribution in [2.75, 3.05) is 26.2 Å². The maximum absolute atomic E-state index is 12.2. The number of aryl methyl sites for hydroxylation is 1. The number of aromatic nitrogens is 2. The second-order valence-electron chi connectivity index (χ2n) is 7.12.